The third-order valence-corrected chi connectivity index (χ3v) is 3.44. The topological polar surface area (TPSA) is 58.9 Å². The summed E-state index contributed by atoms with van der Waals surface area (Å²) in [5, 5.41) is 18.2. The molecule has 0 aliphatic rings. The zero-order valence-corrected chi connectivity index (χ0v) is 12.7. The third-order valence-electron chi connectivity index (χ3n) is 3.44. The average Bonchev–Trinajstić information content (AvgIpc) is 2.58. The lowest BCUT2D eigenvalue weighted by Crippen LogP contribution is -2.12. The Labute approximate surface area is 130 Å². The van der Waals surface area contributed by atoms with E-state index < -0.39 is 6.10 Å². The molecule has 2 aromatic carbocycles. The molecule has 118 valence electrons. The summed E-state index contributed by atoms with van der Waals surface area (Å²) >= 11 is 0. The quantitative estimate of drug-likeness (QED) is 0.787. The lowest BCUT2D eigenvalue weighted by atomic mass is 10.1. The summed E-state index contributed by atoms with van der Waals surface area (Å²) in [5.74, 6) is 1.37. The minimum absolute atomic E-state index is 0.213. The Morgan fingerprint density at radius 3 is 2.45 bits per heavy atom. The van der Waals surface area contributed by atoms with Crippen LogP contribution in [0.15, 0.2) is 48.5 Å². The van der Waals surface area contributed by atoms with Crippen molar-refractivity contribution in [1.29, 1.82) is 0 Å². The van der Waals surface area contributed by atoms with Crippen LogP contribution in [0.3, 0.4) is 0 Å². The molecule has 0 fully saturated rings. The fraction of sp³-hybridized carbons (Fsp3) is 0.333. The Morgan fingerprint density at radius 1 is 1.00 bits per heavy atom. The summed E-state index contributed by atoms with van der Waals surface area (Å²) in [4.78, 5) is 0. The van der Waals surface area contributed by atoms with Crippen LogP contribution in [0, 0.1) is 0 Å². The molecule has 2 rings (SSSR count). The van der Waals surface area contributed by atoms with E-state index in [1.54, 1.807) is 7.11 Å². The molecule has 0 aliphatic heterocycles. The molecule has 0 saturated heterocycles. The third kappa shape index (κ3) is 4.76. The van der Waals surface area contributed by atoms with Gasteiger partial charge in [-0.25, -0.2) is 0 Å². The highest BCUT2D eigenvalue weighted by atomic mass is 16.5. The predicted octanol–water partition coefficient (Wildman–Crippen LogP) is 2.56. The number of hydrogen-bond acceptors (Lipinski definition) is 4. The highest BCUT2D eigenvalue weighted by Crippen LogP contribution is 2.29. The Kier molecular flexibility index (Phi) is 6.25. The standard InChI is InChI=1S/C18H22O4/c1-21-18-11-14(7-9-16(20)12-19)8-10-17(18)22-13-15-5-3-2-4-6-15/h2-6,8,10-11,16,19-20H,7,9,12-13H2,1H3. The molecule has 0 amide bonds. The van der Waals surface area contributed by atoms with E-state index in [1.807, 2.05) is 48.5 Å². The number of methoxy groups -OCH3 is 1. The first-order chi connectivity index (χ1) is 10.7. The van der Waals surface area contributed by atoms with Crippen LogP contribution < -0.4 is 9.47 Å². The van der Waals surface area contributed by atoms with Gasteiger partial charge in [0.2, 0.25) is 0 Å². The summed E-state index contributed by atoms with van der Waals surface area (Å²) in [7, 11) is 1.61. The van der Waals surface area contributed by atoms with Crippen LogP contribution in [0.4, 0.5) is 0 Å². The molecule has 0 aromatic heterocycles. The second-order valence-corrected chi connectivity index (χ2v) is 5.13. The number of ether oxygens (including phenoxy) is 2. The number of rotatable bonds is 8. The van der Waals surface area contributed by atoms with E-state index in [1.165, 1.54) is 0 Å². The molecule has 0 aliphatic carbocycles. The molecule has 22 heavy (non-hydrogen) atoms. The van der Waals surface area contributed by atoms with Crippen LogP contribution in [-0.2, 0) is 13.0 Å². The van der Waals surface area contributed by atoms with Gasteiger partial charge in [0.25, 0.3) is 0 Å². The van der Waals surface area contributed by atoms with E-state index >= 15 is 0 Å². The van der Waals surface area contributed by atoms with Crippen LogP contribution in [-0.4, -0.2) is 30.0 Å². The van der Waals surface area contributed by atoms with Crippen LogP contribution in [0.5, 0.6) is 11.5 Å². The van der Waals surface area contributed by atoms with Crippen molar-refractivity contribution >= 4 is 0 Å². The van der Waals surface area contributed by atoms with Crippen molar-refractivity contribution in [2.24, 2.45) is 0 Å². The van der Waals surface area contributed by atoms with Crippen LogP contribution >= 0.6 is 0 Å². The minimum atomic E-state index is -0.681. The molecule has 4 nitrogen and oxygen atoms in total. The van der Waals surface area contributed by atoms with E-state index in [-0.39, 0.29) is 6.61 Å². The van der Waals surface area contributed by atoms with Gasteiger partial charge in [-0.15, -0.1) is 0 Å². The lowest BCUT2D eigenvalue weighted by molar-refractivity contribution is 0.0885. The number of aryl methyl sites for hydroxylation is 1. The SMILES string of the molecule is COc1cc(CCC(O)CO)ccc1OCc1ccccc1. The molecule has 0 heterocycles. The maximum atomic E-state index is 9.40. The van der Waals surface area contributed by atoms with Crippen LogP contribution in [0.1, 0.15) is 17.5 Å². The van der Waals surface area contributed by atoms with E-state index in [2.05, 4.69) is 0 Å². The van der Waals surface area contributed by atoms with Gasteiger partial charge in [0.05, 0.1) is 19.8 Å². The van der Waals surface area contributed by atoms with E-state index in [4.69, 9.17) is 14.6 Å². The first-order valence-corrected chi connectivity index (χ1v) is 7.35. The number of aliphatic hydroxyl groups is 2. The van der Waals surface area contributed by atoms with Gasteiger partial charge < -0.3 is 19.7 Å². The van der Waals surface area contributed by atoms with Crippen molar-refractivity contribution in [2.45, 2.75) is 25.6 Å². The summed E-state index contributed by atoms with van der Waals surface area (Å²) in [6, 6.07) is 15.7. The average molecular weight is 302 g/mol. The first kappa shape index (κ1) is 16.3. The fourth-order valence-electron chi connectivity index (χ4n) is 2.15. The second kappa shape index (κ2) is 8.41. The molecule has 1 unspecified atom stereocenters. The van der Waals surface area contributed by atoms with E-state index in [0.29, 0.717) is 30.9 Å². The second-order valence-electron chi connectivity index (χ2n) is 5.13. The number of hydrogen-bond donors (Lipinski definition) is 2. The monoisotopic (exact) mass is 302 g/mol. The van der Waals surface area contributed by atoms with Gasteiger partial charge in [0.1, 0.15) is 6.61 Å². The molecular weight excluding hydrogens is 280 g/mol. The van der Waals surface area contributed by atoms with Crippen molar-refractivity contribution in [1.82, 2.24) is 0 Å². The molecule has 4 heteroatoms. The molecule has 2 N–H and O–H groups in total. The smallest absolute Gasteiger partial charge is 0.161 e. The largest absolute Gasteiger partial charge is 0.493 e. The van der Waals surface area contributed by atoms with Gasteiger partial charge in [-0.05, 0) is 36.1 Å². The minimum Gasteiger partial charge on any atom is -0.493 e. The molecule has 1 atom stereocenters. The highest BCUT2D eigenvalue weighted by molar-refractivity contribution is 5.43. The highest BCUT2D eigenvalue weighted by Gasteiger charge is 2.08. The summed E-state index contributed by atoms with van der Waals surface area (Å²) in [5.41, 5.74) is 2.14. The van der Waals surface area contributed by atoms with Crippen molar-refractivity contribution < 1.29 is 19.7 Å². The normalized spacial score (nSPS) is 12.0. The van der Waals surface area contributed by atoms with Gasteiger partial charge in [-0.3, -0.25) is 0 Å². The Bertz CT molecular complexity index is 569. The van der Waals surface area contributed by atoms with Gasteiger partial charge in [0, 0.05) is 0 Å². The summed E-state index contributed by atoms with van der Waals surface area (Å²) < 4.78 is 11.2. The molecule has 0 bridgehead atoms. The number of benzene rings is 2. The molecular formula is C18H22O4. The first-order valence-electron chi connectivity index (χ1n) is 7.35. The zero-order chi connectivity index (χ0) is 15.8. The van der Waals surface area contributed by atoms with Crippen molar-refractivity contribution in [2.75, 3.05) is 13.7 Å². The summed E-state index contributed by atoms with van der Waals surface area (Å²) in [6.07, 6.45) is 0.515. The van der Waals surface area contributed by atoms with Crippen LogP contribution in [0.2, 0.25) is 0 Å². The predicted molar refractivity (Wildman–Crippen MR) is 85.2 cm³/mol. The van der Waals surface area contributed by atoms with Crippen LogP contribution in [0.25, 0.3) is 0 Å². The number of aliphatic hydroxyl groups excluding tert-OH is 2. The maximum absolute atomic E-state index is 9.40. The van der Waals surface area contributed by atoms with Crippen molar-refractivity contribution in [3.63, 3.8) is 0 Å². The molecule has 2 aromatic rings. The Morgan fingerprint density at radius 2 is 1.77 bits per heavy atom. The van der Waals surface area contributed by atoms with E-state index in [9.17, 15) is 5.11 Å². The molecule has 0 spiro atoms. The van der Waals surface area contributed by atoms with E-state index in [0.717, 1.165) is 11.1 Å². The fourth-order valence-corrected chi connectivity index (χ4v) is 2.15. The van der Waals surface area contributed by atoms with Gasteiger partial charge in [-0.1, -0.05) is 36.4 Å². The van der Waals surface area contributed by atoms with Gasteiger partial charge in [0.15, 0.2) is 11.5 Å². The lowest BCUT2D eigenvalue weighted by Gasteiger charge is -2.13. The molecule has 0 radical (unpaired) electrons. The maximum Gasteiger partial charge on any atom is 0.161 e. The molecule has 0 saturated carbocycles. The Balaban J connectivity index is 1.99. The zero-order valence-electron chi connectivity index (χ0n) is 12.7. The van der Waals surface area contributed by atoms with Crippen molar-refractivity contribution in [3.05, 3.63) is 59.7 Å². The summed E-state index contributed by atoms with van der Waals surface area (Å²) in [6.45, 7) is 0.273. The van der Waals surface area contributed by atoms with Gasteiger partial charge in [-0.2, -0.15) is 0 Å². The van der Waals surface area contributed by atoms with Gasteiger partial charge >= 0.3 is 0 Å². The van der Waals surface area contributed by atoms with Crippen molar-refractivity contribution in [3.8, 4) is 11.5 Å². The Hall–Kier alpha value is -2.04.